The molecule has 2 aromatic heterocycles. The van der Waals surface area contributed by atoms with Crippen molar-refractivity contribution in [3.05, 3.63) is 33.2 Å². The topological polar surface area (TPSA) is 76.0 Å². The van der Waals surface area contributed by atoms with Crippen molar-refractivity contribution in [2.24, 2.45) is 0 Å². The molecule has 2 heterocycles. The monoisotopic (exact) mass is 309 g/mol. The third kappa shape index (κ3) is 3.34. The Bertz CT molecular complexity index is 641. The minimum absolute atomic E-state index is 0.210. The quantitative estimate of drug-likeness (QED) is 0.676. The summed E-state index contributed by atoms with van der Waals surface area (Å²) in [7, 11) is 0. The van der Waals surface area contributed by atoms with Gasteiger partial charge < -0.3 is 5.11 Å². The molecule has 0 bridgehead atoms. The van der Waals surface area contributed by atoms with E-state index >= 15 is 0 Å². The number of aryl methyl sites for hydroxylation is 4. The molecule has 0 radical (unpaired) electrons. The number of aromatic nitrogens is 3. The molecule has 0 fully saturated rings. The van der Waals surface area contributed by atoms with Crippen LogP contribution in [0.5, 0.6) is 0 Å². The first kappa shape index (κ1) is 14.9. The lowest BCUT2D eigenvalue weighted by Gasteiger charge is -2.08. The van der Waals surface area contributed by atoms with Crippen molar-refractivity contribution >= 4 is 29.1 Å². The number of hydrogen-bond donors (Lipinski definition) is 1. The molecule has 0 spiro atoms. The number of carboxylic acids is 1. The Hall–Kier alpha value is -1.47. The molecule has 0 saturated carbocycles. The molecular weight excluding hydrogens is 294 g/mol. The van der Waals surface area contributed by atoms with Crippen LogP contribution in [0.1, 0.15) is 32.4 Å². The fraction of sp³-hybridized carbons (Fsp3) is 0.385. The minimum Gasteiger partial charge on any atom is -0.478 e. The molecule has 2 rings (SSSR count). The summed E-state index contributed by atoms with van der Waals surface area (Å²) in [5.74, 6) is 0.405. The lowest BCUT2D eigenvalue weighted by molar-refractivity contribution is 0.0690. The van der Waals surface area contributed by atoms with Crippen LogP contribution in [0.15, 0.2) is 10.5 Å². The van der Waals surface area contributed by atoms with Crippen molar-refractivity contribution in [3.8, 4) is 0 Å². The molecule has 7 heteroatoms. The van der Waals surface area contributed by atoms with Gasteiger partial charge >= 0.3 is 5.97 Å². The Morgan fingerprint density at radius 1 is 1.30 bits per heavy atom. The van der Waals surface area contributed by atoms with E-state index in [9.17, 15) is 9.90 Å². The van der Waals surface area contributed by atoms with Crippen LogP contribution in [-0.2, 0) is 6.42 Å². The molecule has 0 atom stereocenters. The van der Waals surface area contributed by atoms with Gasteiger partial charge in [0, 0.05) is 10.6 Å². The zero-order chi connectivity index (χ0) is 14.7. The van der Waals surface area contributed by atoms with Crippen molar-refractivity contribution in [1.29, 1.82) is 0 Å². The van der Waals surface area contributed by atoms with Gasteiger partial charge in [-0.3, -0.25) is 0 Å². The summed E-state index contributed by atoms with van der Waals surface area (Å²) < 4.78 is 0. The molecule has 2 aromatic rings. The van der Waals surface area contributed by atoms with Crippen molar-refractivity contribution in [2.45, 2.75) is 32.2 Å². The van der Waals surface area contributed by atoms with Crippen LogP contribution in [-0.4, -0.2) is 31.8 Å². The second-order valence-corrected chi connectivity index (χ2v) is 6.32. The van der Waals surface area contributed by atoms with Gasteiger partial charge in [0.25, 0.3) is 0 Å². The molecule has 20 heavy (non-hydrogen) atoms. The molecule has 5 nitrogen and oxygen atoms in total. The average Bonchev–Trinajstić information content (AvgIpc) is 2.73. The first-order valence-corrected chi connectivity index (χ1v) is 7.96. The number of thiazole rings is 1. The van der Waals surface area contributed by atoms with E-state index in [0.717, 1.165) is 17.9 Å². The molecule has 0 saturated heterocycles. The van der Waals surface area contributed by atoms with Crippen LogP contribution < -0.4 is 0 Å². The number of carbonyl (C=O) groups is 1. The summed E-state index contributed by atoms with van der Waals surface area (Å²) in [4.78, 5) is 25.1. The van der Waals surface area contributed by atoms with Crippen LogP contribution in [0.25, 0.3) is 0 Å². The summed E-state index contributed by atoms with van der Waals surface area (Å²) in [5.41, 5.74) is 3.60. The number of carboxylic acid groups (broad SMARTS) is 1. The molecule has 0 aliphatic heterocycles. The first-order valence-electron chi connectivity index (χ1n) is 6.09. The van der Waals surface area contributed by atoms with Crippen LogP contribution in [0.3, 0.4) is 0 Å². The highest BCUT2D eigenvalue weighted by atomic mass is 32.2. The molecule has 106 valence electrons. The Balaban J connectivity index is 2.13. The molecule has 0 aliphatic rings. The van der Waals surface area contributed by atoms with E-state index in [1.54, 1.807) is 25.2 Å². The summed E-state index contributed by atoms with van der Waals surface area (Å²) in [5, 5.41) is 9.81. The van der Waals surface area contributed by atoms with E-state index in [1.165, 1.54) is 16.6 Å². The van der Waals surface area contributed by atoms with E-state index in [4.69, 9.17) is 0 Å². The number of thioether (sulfide) groups is 1. The Morgan fingerprint density at radius 3 is 2.65 bits per heavy atom. The largest absolute Gasteiger partial charge is 0.478 e. The van der Waals surface area contributed by atoms with Crippen molar-refractivity contribution in [2.75, 3.05) is 5.75 Å². The summed E-state index contributed by atoms with van der Waals surface area (Å²) in [6, 6.07) is 0. The third-order valence-electron chi connectivity index (χ3n) is 2.80. The van der Waals surface area contributed by atoms with Gasteiger partial charge in [-0.05, 0) is 27.2 Å². The summed E-state index contributed by atoms with van der Waals surface area (Å²) in [6.45, 7) is 5.46. The van der Waals surface area contributed by atoms with Gasteiger partial charge in [0.05, 0.1) is 16.9 Å². The number of nitrogens with zero attached hydrogens (tertiary/aromatic N) is 3. The van der Waals surface area contributed by atoms with E-state index in [1.807, 2.05) is 12.4 Å². The van der Waals surface area contributed by atoms with Crippen LogP contribution >= 0.6 is 23.1 Å². The predicted octanol–water partition coefficient (Wildman–Crippen LogP) is 2.89. The van der Waals surface area contributed by atoms with Crippen molar-refractivity contribution in [1.82, 2.24) is 15.0 Å². The summed E-state index contributed by atoms with van der Waals surface area (Å²) >= 11 is 3.09. The Kier molecular flexibility index (Phi) is 4.72. The molecule has 0 aliphatic carbocycles. The van der Waals surface area contributed by atoms with Gasteiger partial charge in [0.2, 0.25) is 0 Å². The molecule has 0 aromatic carbocycles. The standard InChI is InChI=1S/C13H15N3O2S2/c1-7-10(20-6-14-7)4-5-19-12-11(13(17)18)8(2)15-9(3)16-12/h6H,4-5H2,1-3H3,(H,17,18). The zero-order valence-corrected chi connectivity index (χ0v) is 13.1. The average molecular weight is 309 g/mol. The molecule has 0 amide bonds. The normalized spacial score (nSPS) is 10.8. The number of hydrogen-bond acceptors (Lipinski definition) is 6. The van der Waals surface area contributed by atoms with Crippen LogP contribution in [0.2, 0.25) is 0 Å². The van der Waals surface area contributed by atoms with Crippen molar-refractivity contribution < 1.29 is 9.90 Å². The Labute approximate surface area is 125 Å². The van der Waals surface area contributed by atoms with Gasteiger partial charge in [0.1, 0.15) is 16.4 Å². The van der Waals surface area contributed by atoms with E-state index < -0.39 is 5.97 Å². The second kappa shape index (κ2) is 6.32. The number of rotatable bonds is 5. The smallest absolute Gasteiger partial charge is 0.340 e. The lowest BCUT2D eigenvalue weighted by Crippen LogP contribution is -2.08. The van der Waals surface area contributed by atoms with Gasteiger partial charge in [-0.2, -0.15) is 0 Å². The second-order valence-electron chi connectivity index (χ2n) is 4.30. The van der Waals surface area contributed by atoms with Crippen LogP contribution in [0, 0.1) is 20.8 Å². The zero-order valence-electron chi connectivity index (χ0n) is 11.5. The summed E-state index contributed by atoms with van der Waals surface area (Å²) in [6.07, 6.45) is 0.863. The van der Waals surface area contributed by atoms with Gasteiger partial charge in [-0.25, -0.2) is 19.7 Å². The maximum Gasteiger partial charge on any atom is 0.340 e. The van der Waals surface area contributed by atoms with E-state index in [-0.39, 0.29) is 5.56 Å². The van der Waals surface area contributed by atoms with Crippen molar-refractivity contribution in [3.63, 3.8) is 0 Å². The number of aromatic carboxylic acids is 1. The fourth-order valence-corrected chi connectivity index (χ4v) is 3.82. The maximum atomic E-state index is 11.3. The SMILES string of the molecule is Cc1nc(C)c(C(=O)O)c(SCCc2scnc2C)n1. The van der Waals surface area contributed by atoms with Gasteiger partial charge in [0.15, 0.2) is 0 Å². The molecular formula is C13H15N3O2S2. The fourth-order valence-electron chi connectivity index (χ4n) is 1.84. The Morgan fingerprint density at radius 2 is 2.05 bits per heavy atom. The maximum absolute atomic E-state index is 11.3. The molecule has 0 unspecified atom stereocenters. The molecule has 1 N–H and O–H groups in total. The first-order chi connectivity index (χ1) is 9.49. The van der Waals surface area contributed by atoms with Crippen LogP contribution in [0.4, 0.5) is 0 Å². The van der Waals surface area contributed by atoms with Gasteiger partial charge in [-0.1, -0.05) is 0 Å². The van der Waals surface area contributed by atoms with E-state index in [0.29, 0.717) is 16.5 Å². The third-order valence-corrected chi connectivity index (χ3v) is 4.77. The highest BCUT2D eigenvalue weighted by Crippen LogP contribution is 2.25. The van der Waals surface area contributed by atoms with Gasteiger partial charge in [-0.15, -0.1) is 23.1 Å². The predicted molar refractivity (Wildman–Crippen MR) is 79.7 cm³/mol. The highest BCUT2D eigenvalue weighted by molar-refractivity contribution is 7.99. The van der Waals surface area contributed by atoms with E-state index in [2.05, 4.69) is 15.0 Å². The lowest BCUT2D eigenvalue weighted by atomic mass is 10.2. The highest BCUT2D eigenvalue weighted by Gasteiger charge is 2.17. The minimum atomic E-state index is -0.973.